The molecule has 1 aromatic heterocycles. The molecule has 0 unspecified atom stereocenters. The van der Waals surface area contributed by atoms with Crippen LogP contribution in [0.5, 0.6) is 0 Å². The molecule has 0 aromatic carbocycles. The third-order valence-electron chi connectivity index (χ3n) is 1.24. The summed E-state index contributed by atoms with van der Waals surface area (Å²) >= 11 is 0. The molecule has 1 heterocycles. The van der Waals surface area contributed by atoms with Crippen LogP contribution in [0.3, 0.4) is 0 Å². The Balaban J connectivity index is 0.000000791. The minimum Gasteiger partial charge on any atom is -0.458 e. The van der Waals surface area contributed by atoms with Gasteiger partial charge in [-0.2, -0.15) is 0 Å². The smallest absolute Gasteiger partial charge is 0.458 e. The maximum atomic E-state index is 10.5. The minimum atomic E-state index is -0.783. The van der Waals surface area contributed by atoms with Crippen molar-refractivity contribution in [3.63, 3.8) is 0 Å². The quantitative estimate of drug-likeness (QED) is 0.681. The zero-order valence-corrected chi connectivity index (χ0v) is 8.75. The van der Waals surface area contributed by atoms with Crippen LogP contribution in [-0.4, -0.2) is 5.97 Å². The summed E-state index contributed by atoms with van der Waals surface area (Å²) in [5, 5.41) is 0. The van der Waals surface area contributed by atoms with Gasteiger partial charge >= 0.3 is 11.8 Å². The fourth-order valence-electron chi connectivity index (χ4n) is 0.673. The Morgan fingerprint density at radius 3 is 2.29 bits per heavy atom. The first-order valence-electron chi connectivity index (χ1n) is 4.32. The average Bonchev–Trinajstić information content (AvgIpc) is 2.45. The second-order valence-corrected chi connectivity index (χ2v) is 2.21. The van der Waals surface area contributed by atoms with Crippen molar-refractivity contribution in [1.29, 1.82) is 0 Å². The van der Waals surface area contributed by atoms with Gasteiger partial charge in [0, 0.05) is 6.92 Å². The van der Waals surface area contributed by atoms with Gasteiger partial charge < -0.3 is 13.6 Å². The predicted molar refractivity (Wildman–Crippen MR) is 48.8 cm³/mol. The average molecular weight is 202 g/mol. The van der Waals surface area contributed by atoms with E-state index in [1.165, 1.54) is 6.92 Å². The molecule has 0 aliphatic carbocycles. The van der Waals surface area contributed by atoms with Crippen LogP contribution in [0.25, 0.3) is 0 Å². The van der Waals surface area contributed by atoms with Crippen LogP contribution >= 0.6 is 0 Å². The molecule has 0 spiro atoms. The molecule has 5 heteroatoms. The van der Waals surface area contributed by atoms with Crippen molar-refractivity contribution in [3.05, 3.63) is 22.1 Å². The summed E-state index contributed by atoms with van der Waals surface area (Å²) in [5.41, 5.74) is 0. The number of carbonyl (C=O) groups is 1. The highest BCUT2D eigenvalue weighted by Gasteiger charge is 2.08. The molecule has 0 aliphatic rings. The summed E-state index contributed by atoms with van der Waals surface area (Å²) in [5.74, 6) is -0.635. The maximum Gasteiger partial charge on any atom is 0.519 e. The maximum absolute atomic E-state index is 10.5. The third kappa shape index (κ3) is 3.93. The lowest BCUT2D eigenvalue weighted by Crippen LogP contribution is -1.99. The Morgan fingerprint density at radius 1 is 1.36 bits per heavy atom. The largest absolute Gasteiger partial charge is 0.519 e. The van der Waals surface area contributed by atoms with Crippen molar-refractivity contribution < 1.29 is 18.4 Å². The molecule has 0 aliphatic heterocycles. The van der Waals surface area contributed by atoms with Crippen molar-refractivity contribution >= 4 is 5.97 Å². The van der Waals surface area contributed by atoms with Crippen molar-refractivity contribution in [2.75, 3.05) is 0 Å². The van der Waals surface area contributed by atoms with E-state index in [9.17, 15) is 9.59 Å². The predicted octanol–water partition coefficient (Wildman–Crippen LogP) is 1.63. The first kappa shape index (κ1) is 12.5. The van der Waals surface area contributed by atoms with Gasteiger partial charge in [-0.3, -0.25) is 4.79 Å². The van der Waals surface area contributed by atoms with Crippen LogP contribution in [0.1, 0.15) is 32.3 Å². The summed E-state index contributed by atoms with van der Waals surface area (Å²) < 4.78 is 13.7. The van der Waals surface area contributed by atoms with Crippen LogP contribution in [-0.2, 0) is 16.1 Å². The number of hydrogen-bond donors (Lipinski definition) is 0. The third-order valence-corrected chi connectivity index (χ3v) is 1.24. The van der Waals surface area contributed by atoms with Crippen LogP contribution in [0.4, 0.5) is 0 Å². The van der Waals surface area contributed by atoms with Gasteiger partial charge in [-0.15, -0.1) is 0 Å². The molecule has 0 saturated carbocycles. The van der Waals surface area contributed by atoms with Crippen LogP contribution < -0.4 is 5.82 Å². The number of carbonyl (C=O) groups excluding carboxylic acids is 1. The molecule has 14 heavy (non-hydrogen) atoms. The Hall–Kier alpha value is -1.52. The van der Waals surface area contributed by atoms with Gasteiger partial charge in [0.15, 0.2) is 18.1 Å². The van der Waals surface area contributed by atoms with E-state index in [0.717, 1.165) is 0 Å². The zero-order valence-electron chi connectivity index (χ0n) is 8.75. The number of ether oxygens (including phenoxy) is 1. The zero-order chi connectivity index (χ0) is 11.1. The molecule has 0 fully saturated rings. The molecule has 5 nitrogen and oxygen atoms in total. The Bertz CT molecular complexity index is 333. The number of esters is 1. The lowest BCUT2D eigenvalue weighted by atomic mass is 10.4. The fourth-order valence-corrected chi connectivity index (χ4v) is 0.673. The van der Waals surface area contributed by atoms with Gasteiger partial charge in [0.1, 0.15) is 0 Å². The molecule has 1 aromatic rings. The first-order valence-corrected chi connectivity index (χ1v) is 4.32. The van der Waals surface area contributed by atoms with Crippen LogP contribution in [0.2, 0.25) is 0 Å². The Morgan fingerprint density at radius 2 is 1.93 bits per heavy atom. The molecule has 0 bridgehead atoms. The molecule has 0 radical (unpaired) electrons. The highest BCUT2D eigenvalue weighted by Crippen LogP contribution is 2.05. The summed E-state index contributed by atoms with van der Waals surface area (Å²) in [6.45, 7) is 6.77. The van der Waals surface area contributed by atoms with Crippen molar-refractivity contribution in [2.45, 2.75) is 34.3 Å². The van der Waals surface area contributed by atoms with E-state index in [0.29, 0.717) is 5.76 Å². The van der Waals surface area contributed by atoms with E-state index in [2.05, 4.69) is 13.6 Å². The summed E-state index contributed by atoms with van der Waals surface area (Å²) in [4.78, 5) is 20.8. The van der Waals surface area contributed by atoms with Gasteiger partial charge in [0.25, 0.3) is 0 Å². The van der Waals surface area contributed by atoms with Crippen LogP contribution in [0, 0.1) is 6.92 Å². The number of rotatable bonds is 2. The van der Waals surface area contributed by atoms with Crippen LogP contribution in [0.15, 0.2) is 13.6 Å². The van der Waals surface area contributed by atoms with Gasteiger partial charge in [-0.1, -0.05) is 13.8 Å². The minimum absolute atomic E-state index is 0.0626. The molecular weight excluding hydrogens is 188 g/mol. The lowest BCUT2D eigenvalue weighted by molar-refractivity contribution is -0.142. The number of hydrogen-bond acceptors (Lipinski definition) is 5. The van der Waals surface area contributed by atoms with E-state index in [1.54, 1.807) is 6.92 Å². The molecule has 80 valence electrons. The van der Waals surface area contributed by atoms with Crippen molar-refractivity contribution in [1.82, 2.24) is 0 Å². The van der Waals surface area contributed by atoms with Gasteiger partial charge in [-0.05, 0) is 6.92 Å². The molecule has 0 atom stereocenters. The monoisotopic (exact) mass is 202 g/mol. The fraction of sp³-hybridized carbons (Fsp3) is 0.556. The van der Waals surface area contributed by atoms with Crippen molar-refractivity contribution in [3.8, 4) is 0 Å². The molecule has 0 N–H and O–H groups in total. The molecule has 1 rings (SSSR count). The van der Waals surface area contributed by atoms with E-state index >= 15 is 0 Å². The normalized spacial score (nSPS) is 8.86. The summed E-state index contributed by atoms with van der Waals surface area (Å²) in [6, 6.07) is 0. The van der Waals surface area contributed by atoms with Gasteiger partial charge in [0.2, 0.25) is 0 Å². The van der Waals surface area contributed by atoms with E-state index in [1.807, 2.05) is 13.8 Å². The second-order valence-electron chi connectivity index (χ2n) is 2.21. The first-order chi connectivity index (χ1) is 6.59. The highest BCUT2D eigenvalue weighted by atomic mass is 16.6. The standard InChI is InChI=1S/C7H8O5.C2H6/c1-4-6(3-10-5(2)8)12-7(9)11-4;1-2/h3H2,1-2H3;1-2H3. The lowest BCUT2D eigenvalue weighted by Gasteiger charge is -1.96. The SMILES string of the molecule is CC.CC(=O)OCc1oc(=O)oc1C. The molecule has 0 saturated heterocycles. The van der Waals surface area contributed by atoms with Gasteiger partial charge in [0.05, 0.1) is 0 Å². The topological polar surface area (TPSA) is 69.7 Å². The van der Waals surface area contributed by atoms with E-state index in [-0.39, 0.29) is 12.4 Å². The second kappa shape index (κ2) is 6.01. The van der Waals surface area contributed by atoms with E-state index < -0.39 is 11.8 Å². The summed E-state index contributed by atoms with van der Waals surface area (Å²) in [7, 11) is 0. The van der Waals surface area contributed by atoms with Crippen molar-refractivity contribution in [2.24, 2.45) is 0 Å². The van der Waals surface area contributed by atoms with Gasteiger partial charge in [-0.25, -0.2) is 4.79 Å². The number of aryl methyl sites for hydroxylation is 1. The highest BCUT2D eigenvalue weighted by molar-refractivity contribution is 5.65. The Kier molecular flexibility index (Phi) is 5.36. The molecular formula is C9H14O5. The summed E-state index contributed by atoms with van der Waals surface area (Å²) in [6.07, 6.45) is 0. The molecule has 0 amide bonds. The van der Waals surface area contributed by atoms with E-state index in [4.69, 9.17) is 0 Å². The Labute approximate surface area is 81.7 Å².